The lowest BCUT2D eigenvalue weighted by Crippen LogP contribution is -2.25. The van der Waals surface area contributed by atoms with Crippen LogP contribution in [-0.4, -0.2) is 28.9 Å². The van der Waals surface area contributed by atoms with Crippen molar-refractivity contribution in [2.45, 2.75) is 41.0 Å². The van der Waals surface area contributed by atoms with E-state index in [9.17, 15) is 14.9 Å². The third-order valence-corrected chi connectivity index (χ3v) is 5.19. The van der Waals surface area contributed by atoms with Crippen LogP contribution in [0, 0.1) is 24.0 Å². The highest BCUT2D eigenvalue weighted by atomic mass is 32.1. The van der Waals surface area contributed by atoms with Crippen LogP contribution in [0.5, 0.6) is 0 Å². The molecule has 2 aromatic rings. The Balaban J connectivity index is 0.000000703. The lowest BCUT2D eigenvalue weighted by atomic mass is 10.1. The molecule has 1 aromatic carbocycles. The molecular formula is C22H31N5O3S. The van der Waals surface area contributed by atoms with Crippen molar-refractivity contribution in [3.8, 4) is 11.3 Å². The number of nitrogens with zero attached hydrogens (tertiary/aromatic N) is 2. The second kappa shape index (κ2) is 12.6. The molecule has 0 radical (unpaired) electrons. The van der Waals surface area contributed by atoms with Crippen molar-refractivity contribution < 1.29 is 9.72 Å². The van der Waals surface area contributed by atoms with Gasteiger partial charge >= 0.3 is 0 Å². The molecule has 0 saturated carbocycles. The van der Waals surface area contributed by atoms with Crippen LogP contribution in [-0.2, 0) is 0 Å². The molecular weight excluding hydrogens is 414 g/mol. The van der Waals surface area contributed by atoms with Gasteiger partial charge in [0.2, 0.25) is 0 Å². The number of benzene rings is 1. The van der Waals surface area contributed by atoms with E-state index >= 15 is 0 Å². The standard InChI is InChI=1S/C18H21N3O3S.C4H10N2/c1-5-6-11(2)10-19-18(22)15-8-7-14(9-16(15)21(23)24)17-12(3)25-13(4)20-17;1-4(2-5)3-6/h6-9H,5,10H2,1-4H3,(H,19,22);2H,3,5-6H2,1H3/b11-6+;4-2-. The number of aryl methyl sites for hydroxylation is 2. The van der Waals surface area contributed by atoms with Crippen molar-refractivity contribution >= 4 is 22.9 Å². The highest BCUT2D eigenvalue weighted by molar-refractivity contribution is 7.11. The molecule has 0 aliphatic heterocycles. The lowest BCUT2D eigenvalue weighted by molar-refractivity contribution is -0.385. The van der Waals surface area contributed by atoms with Gasteiger partial charge in [-0.05, 0) is 52.0 Å². The van der Waals surface area contributed by atoms with Crippen LogP contribution in [0.1, 0.15) is 47.4 Å². The van der Waals surface area contributed by atoms with E-state index in [0.717, 1.165) is 33.1 Å². The third-order valence-electron chi connectivity index (χ3n) is 4.30. The van der Waals surface area contributed by atoms with Gasteiger partial charge in [0, 0.05) is 29.6 Å². The molecule has 5 N–H and O–H groups in total. The van der Waals surface area contributed by atoms with Gasteiger partial charge in [-0.25, -0.2) is 4.98 Å². The van der Waals surface area contributed by atoms with Crippen molar-refractivity contribution in [3.05, 3.63) is 67.2 Å². The van der Waals surface area contributed by atoms with Gasteiger partial charge in [-0.3, -0.25) is 14.9 Å². The fourth-order valence-electron chi connectivity index (χ4n) is 2.62. The van der Waals surface area contributed by atoms with Crippen LogP contribution in [0.25, 0.3) is 11.3 Å². The number of carbonyl (C=O) groups is 1. The Labute approximate surface area is 187 Å². The summed E-state index contributed by atoms with van der Waals surface area (Å²) in [7, 11) is 0. The van der Waals surface area contributed by atoms with E-state index in [-0.39, 0.29) is 11.3 Å². The number of hydrogen-bond donors (Lipinski definition) is 3. The van der Waals surface area contributed by atoms with E-state index in [1.807, 2.05) is 40.7 Å². The average Bonchev–Trinajstić information content (AvgIpc) is 3.09. The Hall–Kier alpha value is -3.04. The predicted octanol–water partition coefficient (Wildman–Crippen LogP) is 4.23. The van der Waals surface area contributed by atoms with Crippen molar-refractivity contribution in [3.63, 3.8) is 0 Å². The molecule has 8 nitrogen and oxygen atoms in total. The molecule has 0 aliphatic carbocycles. The zero-order chi connectivity index (χ0) is 23.6. The number of amides is 1. The quantitative estimate of drug-likeness (QED) is 0.331. The molecule has 9 heteroatoms. The second-order valence-corrected chi connectivity index (χ2v) is 8.39. The Morgan fingerprint density at radius 3 is 2.42 bits per heavy atom. The predicted molar refractivity (Wildman–Crippen MR) is 127 cm³/mol. The van der Waals surface area contributed by atoms with Gasteiger partial charge in [0.15, 0.2) is 0 Å². The third kappa shape index (κ3) is 7.95. The SMILES string of the molecule is C/C(=C/N)CN.CC/C=C(\C)CNC(=O)c1ccc(-c2nc(C)sc2C)cc1[N+](=O)[O-]. The molecule has 0 aliphatic rings. The summed E-state index contributed by atoms with van der Waals surface area (Å²) in [4.78, 5) is 28.7. The molecule has 2 rings (SSSR count). The van der Waals surface area contributed by atoms with Crippen LogP contribution in [0.15, 0.2) is 41.6 Å². The monoisotopic (exact) mass is 445 g/mol. The fraction of sp³-hybridized carbons (Fsp3) is 0.364. The van der Waals surface area contributed by atoms with Gasteiger partial charge in [-0.2, -0.15) is 0 Å². The van der Waals surface area contributed by atoms with E-state index in [0.29, 0.717) is 18.7 Å². The van der Waals surface area contributed by atoms with Crippen LogP contribution < -0.4 is 16.8 Å². The van der Waals surface area contributed by atoms with E-state index < -0.39 is 10.8 Å². The van der Waals surface area contributed by atoms with Gasteiger partial charge in [0.25, 0.3) is 11.6 Å². The summed E-state index contributed by atoms with van der Waals surface area (Å²) in [5.74, 6) is -0.451. The summed E-state index contributed by atoms with van der Waals surface area (Å²) < 4.78 is 0. The van der Waals surface area contributed by atoms with E-state index in [2.05, 4.69) is 10.3 Å². The highest BCUT2D eigenvalue weighted by Crippen LogP contribution is 2.31. The zero-order valence-corrected chi connectivity index (χ0v) is 19.5. The van der Waals surface area contributed by atoms with Crippen molar-refractivity contribution in [2.75, 3.05) is 13.1 Å². The molecule has 0 fully saturated rings. The number of nitro benzene ring substituents is 1. The number of thiazole rings is 1. The van der Waals surface area contributed by atoms with Gasteiger partial charge in [0.05, 0.1) is 15.6 Å². The van der Waals surface area contributed by atoms with Crippen LogP contribution >= 0.6 is 11.3 Å². The molecule has 0 spiro atoms. The molecule has 1 aromatic heterocycles. The van der Waals surface area contributed by atoms with Crippen LogP contribution in [0.3, 0.4) is 0 Å². The van der Waals surface area contributed by atoms with Crippen molar-refractivity contribution in [1.29, 1.82) is 0 Å². The Bertz CT molecular complexity index is 980. The van der Waals surface area contributed by atoms with Gasteiger partial charge in [0.1, 0.15) is 5.56 Å². The Kier molecular flexibility index (Phi) is 10.6. The summed E-state index contributed by atoms with van der Waals surface area (Å²) in [6.07, 6.45) is 4.40. The summed E-state index contributed by atoms with van der Waals surface area (Å²) in [5.41, 5.74) is 13.4. The van der Waals surface area contributed by atoms with E-state index in [1.54, 1.807) is 6.07 Å². The number of aromatic nitrogens is 1. The first-order valence-electron chi connectivity index (χ1n) is 9.88. The first-order valence-corrected chi connectivity index (χ1v) is 10.7. The average molecular weight is 446 g/mol. The number of rotatable bonds is 7. The fourth-order valence-corrected chi connectivity index (χ4v) is 3.46. The minimum atomic E-state index is -0.526. The second-order valence-electron chi connectivity index (χ2n) is 6.99. The minimum absolute atomic E-state index is 0.0580. The number of hydrogen-bond acceptors (Lipinski definition) is 7. The summed E-state index contributed by atoms with van der Waals surface area (Å²) in [6, 6.07) is 4.62. The molecule has 0 bridgehead atoms. The largest absolute Gasteiger partial charge is 0.405 e. The summed E-state index contributed by atoms with van der Waals surface area (Å²) in [6.45, 7) is 10.6. The van der Waals surface area contributed by atoms with Gasteiger partial charge in [-0.15, -0.1) is 11.3 Å². The first-order chi connectivity index (χ1) is 14.6. The smallest absolute Gasteiger partial charge is 0.282 e. The number of carbonyl (C=O) groups excluding carboxylic acids is 1. The maximum absolute atomic E-state index is 12.3. The summed E-state index contributed by atoms with van der Waals surface area (Å²) in [5, 5.41) is 15.1. The van der Waals surface area contributed by atoms with Gasteiger partial charge < -0.3 is 16.8 Å². The molecule has 1 amide bonds. The van der Waals surface area contributed by atoms with E-state index in [4.69, 9.17) is 11.5 Å². The first kappa shape index (κ1) is 26.0. The molecule has 31 heavy (non-hydrogen) atoms. The molecule has 0 atom stereocenters. The molecule has 0 saturated heterocycles. The van der Waals surface area contributed by atoms with Crippen molar-refractivity contribution in [1.82, 2.24) is 10.3 Å². The number of allylic oxidation sites excluding steroid dienone is 1. The minimum Gasteiger partial charge on any atom is -0.405 e. The van der Waals surface area contributed by atoms with E-state index in [1.165, 1.54) is 29.7 Å². The maximum Gasteiger partial charge on any atom is 0.282 e. The van der Waals surface area contributed by atoms with Crippen molar-refractivity contribution in [2.24, 2.45) is 11.5 Å². The maximum atomic E-state index is 12.3. The Morgan fingerprint density at radius 2 is 1.97 bits per heavy atom. The number of nitro groups is 1. The summed E-state index contributed by atoms with van der Waals surface area (Å²) >= 11 is 1.54. The number of nitrogens with two attached hydrogens (primary N) is 2. The van der Waals surface area contributed by atoms with Gasteiger partial charge in [-0.1, -0.05) is 24.6 Å². The normalized spacial score (nSPS) is 11.5. The lowest BCUT2D eigenvalue weighted by Gasteiger charge is -2.07. The topological polar surface area (TPSA) is 137 Å². The molecule has 1 heterocycles. The molecule has 0 unspecified atom stereocenters. The Morgan fingerprint density at radius 1 is 1.29 bits per heavy atom. The molecule has 168 valence electrons. The number of nitrogens with one attached hydrogen (secondary N) is 1. The van der Waals surface area contributed by atoms with Crippen LogP contribution in [0.2, 0.25) is 0 Å². The van der Waals surface area contributed by atoms with Crippen LogP contribution in [0.4, 0.5) is 5.69 Å². The zero-order valence-electron chi connectivity index (χ0n) is 18.7. The highest BCUT2D eigenvalue weighted by Gasteiger charge is 2.22.